The molecule has 2 N–H and O–H groups in total. The van der Waals surface area contributed by atoms with Gasteiger partial charge in [0.05, 0.1) is 29.7 Å². The molecule has 0 aliphatic rings. The van der Waals surface area contributed by atoms with Gasteiger partial charge in [-0.05, 0) is 56.2 Å². The first-order valence-electron chi connectivity index (χ1n) is 8.81. The zero-order valence-corrected chi connectivity index (χ0v) is 15.9. The molecule has 0 unspecified atom stereocenters. The fourth-order valence-corrected chi connectivity index (χ4v) is 2.93. The third-order valence-electron chi connectivity index (χ3n) is 4.48. The van der Waals surface area contributed by atoms with Gasteiger partial charge in [-0.2, -0.15) is 5.10 Å². The maximum atomic E-state index is 13.1. The van der Waals surface area contributed by atoms with Gasteiger partial charge in [0.25, 0.3) is 5.91 Å². The number of aromatic nitrogens is 2. The number of halogens is 1. The highest BCUT2D eigenvalue weighted by Crippen LogP contribution is 2.19. The van der Waals surface area contributed by atoms with Gasteiger partial charge in [-0.25, -0.2) is 9.07 Å². The van der Waals surface area contributed by atoms with Crippen molar-refractivity contribution in [3.63, 3.8) is 0 Å². The van der Waals surface area contributed by atoms with Crippen molar-refractivity contribution in [3.05, 3.63) is 76.9 Å². The molecular formula is C21H21FN4O2. The molecule has 0 saturated carbocycles. The molecule has 2 amide bonds. The molecule has 2 aromatic carbocycles. The molecule has 28 heavy (non-hydrogen) atoms. The van der Waals surface area contributed by atoms with E-state index in [9.17, 15) is 14.0 Å². The number of hydrogen-bond donors (Lipinski definition) is 2. The summed E-state index contributed by atoms with van der Waals surface area (Å²) in [6, 6.07) is 11.6. The van der Waals surface area contributed by atoms with Crippen molar-refractivity contribution < 1.29 is 14.0 Å². The van der Waals surface area contributed by atoms with E-state index in [-0.39, 0.29) is 18.3 Å². The molecule has 0 aliphatic carbocycles. The summed E-state index contributed by atoms with van der Waals surface area (Å²) in [6.07, 6.45) is 1.43. The normalized spacial score (nSPS) is 10.6. The number of rotatable bonds is 5. The molecular weight excluding hydrogens is 359 g/mol. The van der Waals surface area contributed by atoms with Crippen LogP contribution in [0.25, 0.3) is 5.69 Å². The summed E-state index contributed by atoms with van der Waals surface area (Å²) < 4.78 is 14.6. The Morgan fingerprint density at radius 2 is 1.68 bits per heavy atom. The number of aryl methyl sites for hydroxylation is 2. The van der Waals surface area contributed by atoms with Crippen LogP contribution in [0.1, 0.15) is 27.2 Å². The number of para-hydroxylation sites is 1. The fourth-order valence-electron chi connectivity index (χ4n) is 2.93. The van der Waals surface area contributed by atoms with E-state index in [2.05, 4.69) is 15.7 Å². The number of anilines is 1. The van der Waals surface area contributed by atoms with Crippen LogP contribution in [0, 0.1) is 26.6 Å². The summed E-state index contributed by atoms with van der Waals surface area (Å²) in [6.45, 7) is 5.40. The van der Waals surface area contributed by atoms with Crippen molar-refractivity contribution in [2.24, 2.45) is 0 Å². The fraction of sp³-hybridized carbons (Fsp3) is 0.190. The summed E-state index contributed by atoms with van der Waals surface area (Å²) in [5.41, 5.74) is 4.25. The highest BCUT2D eigenvalue weighted by molar-refractivity contribution is 6.00. The highest BCUT2D eigenvalue weighted by atomic mass is 19.1. The number of carbonyl (C=O) groups excluding carboxylic acids is 2. The van der Waals surface area contributed by atoms with Gasteiger partial charge in [0.1, 0.15) is 5.82 Å². The SMILES string of the molecule is Cc1cccc(C)c1NC(=O)CNC(=O)c1cnn(-c2ccc(F)cc2)c1C. The van der Waals surface area contributed by atoms with Gasteiger partial charge >= 0.3 is 0 Å². The van der Waals surface area contributed by atoms with Crippen molar-refractivity contribution in [2.45, 2.75) is 20.8 Å². The van der Waals surface area contributed by atoms with Crippen LogP contribution < -0.4 is 10.6 Å². The van der Waals surface area contributed by atoms with Gasteiger partial charge in [0, 0.05) is 5.69 Å². The summed E-state index contributed by atoms with van der Waals surface area (Å²) >= 11 is 0. The minimum absolute atomic E-state index is 0.159. The molecule has 6 nitrogen and oxygen atoms in total. The number of nitrogens with zero attached hydrogens (tertiary/aromatic N) is 2. The average Bonchev–Trinajstić information content (AvgIpc) is 3.05. The van der Waals surface area contributed by atoms with Gasteiger partial charge in [0.2, 0.25) is 5.91 Å². The van der Waals surface area contributed by atoms with E-state index >= 15 is 0 Å². The van der Waals surface area contributed by atoms with Gasteiger partial charge < -0.3 is 10.6 Å². The maximum Gasteiger partial charge on any atom is 0.255 e. The predicted molar refractivity (Wildman–Crippen MR) is 105 cm³/mol. The van der Waals surface area contributed by atoms with Gasteiger partial charge in [-0.1, -0.05) is 18.2 Å². The van der Waals surface area contributed by atoms with Crippen LogP contribution in [0.15, 0.2) is 48.7 Å². The van der Waals surface area contributed by atoms with Crippen LogP contribution in [-0.2, 0) is 4.79 Å². The molecule has 0 fully saturated rings. The summed E-state index contributed by atoms with van der Waals surface area (Å²) in [5.74, 6) is -1.06. The molecule has 1 aromatic heterocycles. The summed E-state index contributed by atoms with van der Waals surface area (Å²) in [5, 5.41) is 9.62. The zero-order chi connectivity index (χ0) is 20.3. The third-order valence-corrected chi connectivity index (χ3v) is 4.48. The second-order valence-electron chi connectivity index (χ2n) is 6.53. The van der Waals surface area contributed by atoms with Crippen molar-refractivity contribution in [2.75, 3.05) is 11.9 Å². The Labute approximate surface area is 162 Å². The van der Waals surface area contributed by atoms with E-state index in [4.69, 9.17) is 0 Å². The highest BCUT2D eigenvalue weighted by Gasteiger charge is 2.16. The third kappa shape index (κ3) is 4.09. The van der Waals surface area contributed by atoms with E-state index < -0.39 is 5.91 Å². The molecule has 3 rings (SSSR count). The molecule has 0 bridgehead atoms. The number of benzene rings is 2. The summed E-state index contributed by atoms with van der Waals surface area (Å²) in [7, 11) is 0. The molecule has 7 heteroatoms. The molecule has 0 spiro atoms. The lowest BCUT2D eigenvalue weighted by Crippen LogP contribution is -2.33. The standard InChI is InChI=1S/C21H21FN4O2/c1-13-5-4-6-14(2)20(13)25-19(27)12-23-21(28)18-11-24-26(15(18)3)17-9-7-16(22)8-10-17/h4-11H,12H2,1-3H3,(H,23,28)(H,25,27). The van der Waals surface area contributed by atoms with Crippen LogP contribution in [0.3, 0.4) is 0 Å². The van der Waals surface area contributed by atoms with E-state index in [0.717, 1.165) is 16.8 Å². The lowest BCUT2D eigenvalue weighted by Gasteiger charge is -2.12. The molecule has 3 aromatic rings. The van der Waals surface area contributed by atoms with Crippen LogP contribution in [0.2, 0.25) is 0 Å². The minimum atomic E-state index is -0.400. The largest absolute Gasteiger partial charge is 0.343 e. The lowest BCUT2D eigenvalue weighted by atomic mass is 10.1. The average molecular weight is 380 g/mol. The topological polar surface area (TPSA) is 76.0 Å². The van der Waals surface area contributed by atoms with Crippen LogP contribution in [0.5, 0.6) is 0 Å². The van der Waals surface area contributed by atoms with Gasteiger partial charge in [0.15, 0.2) is 0 Å². The molecule has 0 atom stereocenters. The Morgan fingerprint density at radius 1 is 1.04 bits per heavy atom. The molecule has 0 radical (unpaired) electrons. The Morgan fingerprint density at radius 3 is 2.32 bits per heavy atom. The Bertz CT molecular complexity index is 1010. The molecule has 0 saturated heterocycles. The smallest absolute Gasteiger partial charge is 0.255 e. The number of carbonyl (C=O) groups is 2. The van der Waals surface area contributed by atoms with Crippen molar-refractivity contribution in [1.29, 1.82) is 0 Å². The zero-order valence-electron chi connectivity index (χ0n) is 15.9. The Hall–Kier alpha value is -3.48. The van der Waals surface area contributed by atoms with Crippen LogP contribution in [-0.4, -0.2) is 28.1 Å². The Kier molecular flexibility index (Phi) is 5.54. The van der Waals surface area contributed by atoms with E-state index in [1.807, 2.05) is 32.0 Å². The monoisotopic (exact) mass is 380 g/mol. The first-order valence-corrected chi connectivity index (χ1v) is 8.81. The van der Waals surface area contributed by atoms with Crippen LogP contribution in [0.4, 0.5) is 10.1 Å². The maximum absolute atomic E-state index is 13.1. The van der Waals surface area contributed by atoms with Crippen molar-refractivity contribution in [1.82, 2.24) is 15.1 Å². The van der Waals surface area contributed by atoms with E-state index in [0.29, 0.717) is 16.9 Å². The van der Waals surface area contributed by atoms with Gasteiger partial charge in [-0.15, -0.1) is 0 Å². The Balaban J connectivity index is 1.65. The van der Waals surface area contributed by atoms with Crippen LogP contribution >= 0.6 is 0 Å². The molecule has 1 heterocycles. The lowest BCUT2D eigenvalue weighted by molar-refractivity contribution is -0.115. The minimum Gasteiger partial charge on any atom is -0.343 e. The first-order chi connectivity index (χ1) is 13.4. The van der Waals surface area contributed by atoms with Crippen molar-refractivity contribution in [3.8, 4) is 5.69 Å². The van der Waals surface area contributed by atoms with Gasteiger partial charge in [-0.3, -0.25) is 9.59 Å². The number of amides is 2. The number of hydrogen-bond acceptors (Lipinski definition) is 3. The molecule has 144 valence electrons. The first kappa shape index (κ1) is 19.3. The quantitative estimate of drug-likeness (QED) is 0.713. The van der Waals surface area contributed by atoms with Crippen molar-refractivity contribution >= 4 is 17.5 Å². The van der Waals surface area contributed by atoms with E-state index in [1.54, 1.807) is 23.7 Å². The van der Waals surface area contributed by atoms with E-state index in [1.165, 1.54) is 18.3 Å². The predicted octanol–water partition coefficient (Wildman–Crippen LogP) is 3.31. The molecule has 0 aliphatic heterocycles. The second kappa shape index (κ2) is 8.04. The summed E-state index contributed by atoms with van der Waals surface area (Å²) in [4.78, 5) is 24.7. The second-order valence-corrected chi connectivity index (χ2v) is 6.53. The number of nitrogens with one attached hydrogen (secondary N) is 2.